The minimum atomic E-state index is -0.826. The maximum atomic E-state index is 10.6. The van der Waals surface area contributed by atoms with Crippen molar-refractivity contribution < 1.29 is 18.7 Å². The number of carbonyl (C=O) groups is 1. The standard InChI is InChI=1S/C12H14N2O4/c1-7(6-11(15)16)5-10-13-14-12(18-10)9-3-4-17-8(9)2/h3-4,7H,5-6H2,1-2H3,(H,15,16). The molecule has 0 radical (unpaired) electrons. The van der Waals surface area contributed by atoms with E-state index in [1.54, 1.807) is 12.3 Å². The Bertz CT molecular complexity index is 544. The molecule has 2 aromatic heterocycles. The molecule has 0 amide bonds. The van der Waals surface area contributed by atoms with Gasteiger partial charge < -0.3 is 13.9 Å². The summed E-state index contributed by atoms with van der Waals surface area (Å²) < 4.78 is 10.6. The lowest BCUT2D eigenvalue weighted by molar-refractivity contribution is -0.137. The maximum absolute atomic E-state index is 10.6. The Morgan fingerprint density at radius 3 is 2.89 bits per heavy atom. The van der Waals surface area contributed by atoms with Crippen molar-refractivity contribution in [1.29, 1.82) is 0 Å². The fourth-order valence-corrected chi connectivity index (χ4v) is 1.72. The summed E-state index contributed by atoms with van der Waals surface area (Å²) in [5.74, 6) is 0.691. The molecule has 6 nitrogen and oxygen atoms in total. The number of aliphatic carboxylic acids is 1. The molecule has 96 valence electrons. The van der Waals surface area contributed by atoms with Crippen LogP contribution in [0.1, 0.15) is 25.0 Å². The summed E-state index contributed by atoms with van der Waals surface area (Å²) in [5, 5.41) is 16.5. The van der Waals surface area contributed by atoms with Gasteiger partial charge in [0.25, 0.3) is 5.89 Å². The summed E-state index contributed by atoms with van der Waals surface area (Å²) >= 11 is 0. The van der Waals surface area contributed by atoms with E-state index >= 15 is 0 Å². The van der Waals surface area contributed by atoms with E-state index < -0.39 is 5.97 Å². The molecule has 0 aliphatic heterocycles. The molecule has 0 saturated heterocycles. The van der Waals surface area contributed by atoms with Gasteiger partial charge in [-0.15, -0.1) is 10.2 Å². The van der Waals surface area contributed by atoms with Gasteiger partial charge >= 0.3 is 5.97 Å². The van der Waals surface area contributed by atoms with Gasteiger partial charge in [0.2, 0.25) is 5.89 Å². The van der Waals surface area contributed by atoms with E-state index in [4.69, 9.17) is 13.9 Å². The first-order valence-corrected chi connectivity index (χ1v) is 5.65. The van der Waals surface area contributed by atoms with Crippen molar-refractivity contribution in [2.45, 2.75) is 26.7 Å². The lowest BCUT2D eigenvalue weighted by Crippen LogP contribution is -2.07. The van der Waals surface area contributed by atoms with Crippen LogP contribution in [0.5, 0.6) is 0 Å². The Labute approximate surface area is 104 Å². The molecule has 0 bridgehead atoms. The fourth-order valence-electron chi connectivity index (χ4n) is 1.72. The van der Waals surface area contributed by atoms with Crippen LogP contribution in [0.2, 0.25) is 0 Å². The van der Waals surface area contributed by atoms with Crippen molar-refractivity contribution in [2.75, 3.05) is 0 Å². The van der Waals surface area contributed by atoms with E-state index in [9.17, 15) is 4.79 Å². The zero-order valence-electron chi connectivity index (χ0n) is 10.2. The molecular weight excluding hydrogens is 236 g/mol. The minimum Gasteiger partial charge on any atom is -0.481 e. The van der Waals surface area contributed by atoms with Gasteiger partial charge in [-0.05, 0) is 18.9 Å². The van der Waals surface area contributed by atoms with Crippen molar-refractivity contribution >= 4 is 5.97 Å². The zero-order valence-corrected chi connectivity index (χ0v) is 10.2. The predicted octanol–water partition coefficient (Wildman–Crippen LogP) is 2.29. The SMILES string of the molecule is Cc1occc1-c1nnc(CC(C)CC(=O)O)o1. The quantitative estimate of drug-likeness (QED) is 0.875. The van der Waals surface area contributed by atoms with Crippen LogP contribution in [0.4, 0.5) is 0 Å². The summed E-state index contributed by atoms with van der Waals surface area (Å²) in [6.45, 7) is 3.65. The van der Waals surface area contributed by atoms with E-state index in [2.05, 4.69) is 10.2 Å². The molecule has 0 aromatic carbocycles. The van der Waals surface area contributed by atoms with Gasteiger partial charge in [-0.25, -0.2) is 0 Å². The summed E-state index contributed by atoms with van der Waals surface area (Å²) in [6, 6.07) is 1.76. The Morgan fingerprint density at radius 1 is 1.50 bits per heavy atom. The molecule has 0 spiro atoms. The molecule has 0 aliphatic carbocycles. The molecule has 0 aliphatic rings. The third kappa shape index (κ3) is 2.77. The van der Waals surface area contributed by atoms with E-state index in [1.165, 1.54) is 0 Å². The Hall–Kier alpha value is -2.11. The highest BCUT2D eigenvalue weighted by Crippen LogP contribution is 2.23. The molecule has 18 heavy (non-hydrogen) atoms. The van der Waals surface area contributed by atoms with Crippen LogP contribution in [-0.2, 0) is 11.2 Å². The van der Waals surface area contributed by atoms with Gasteiger partial charge in [-0.1, -0.05) is 6.92 Å². The second-order valence-electron chi connectivity index (χ2n) is 4.30. The van der Waals surface area contributed by atoms with Crippen molar-refractivity contribution in [1.82, 2.24) is 10.2 Å². The Kier molecular flexibility index (Phi) is 3.45. The van der Waals surface area contributed by atoms with Gasteiger partial charge in [0.1, 0.15) is 5.76 Å². The molecule has 0 fully saturated rings. The van der Waals surface area contributed by atoms with Gasteiger partial charge in [0.15, 0.2) is 0 Å². The lowest BCUT2D eigenvalue weighted by atomic mass is 10.0. The van der Waals surface area contributed by atoms with Crippen molar-refractivity contribution in [3.05, 3.63) is 24.0 Å². The fraction of sp³-hybridized carbons (Fsp3) is 0.417. The Balaban J connectivity index is 2.07. The summed E-state index contributed by atoms with van der Waals surface area (Å²) in [7, 11) is 0. The van der Waals surface area contributed by atoms with Crippen LogP contribution in [0.3, 0.4) is 0 Å². The van der Waals surface area contributed by atoms with Crippen molar-refractivity contribution in [2.24, 2.45) is 5.92 Å². The van der Waals surface area contributed by atoms with E-state index in [-0.39, 0.29) is 12.3 Å². The van der Waals surface area contributed by atoms with E-state index in [0.717, 1.165) is 5.56 Å². The van der Waals surface area contributed by atoms with Crippen LogP contribution in [0.15, 0.2) is 21.2 Å². The number of carboxylic acid groups (broad SMARTS) is 1. The highest BCUT2D eigenvalue weighted by Gasteiger charge is 2.16. The first kappa shape index (κ1) is 12.3. The molecule has 2 heterocycles. The normalized spacial score (nSPS) is 12.6. The number of nitrogens with zero attached hydrogens (tertiary/aromatic N) is 2. The van der Waals surface area contributed by atoms with Gasteiger partial charge in [-0.3, -0.25) is 4.79 Å². The first-order chi connectivity index (χ1) is 8.56. The van der Waals surface area contributed by atoms with Crippen LogP contribution in [0.25, 0.3) is 11.5 Å². The largest absolute Gasteiger partial charge is 0.481 e. The number of aryl methyl sites for hydroxylation is 1. The second-order valence-corrected chi connectivity index (χ2v) is 4.30. The Morgan fingerprint density at radius 2 is 2.28 bits per heavy atom. The van der Waals surface area contributed by atoms with Crippen LogP contribution in [0, 0.1) is 12.8 Å². The summed E-state index contributed by atoms with van der Waals surface area (Å²) in [5.41, 5.74) is 0.764. The lowest BCUT2D eigenvalue weighted by Gasteiger charge is -2.03. The van der Waals surface area contributed by atoms with Crippen molar-refractivity contribution in [3.63, 3.8) is 0 Å². The van der Waals surface area contributed by atoms with Crippen LogP contribution < -0.4 is 0 Å². The average molecular weight is 250 g/mol. The van der Waals surface area contributed by atoms with Gasteiger partial charge in [0.05, 0.1) is 11.8 Å². The van der Waals surface area contributed by atoms with Gasteiger partial charge in [0, 0.05) is 12.8 Å². The van der Waals surface area contributed by atoms with Crippen molar-refractivity contribution in [3.8, 4) is 11.5 Å². The number of furan rings is 1. The number of rotatable bonds is 5. The summed E-state index contributed by atoms with van der Waals surface area (Å²) in [4.78, 5) is 10.6. The number of hydrogen-bond donors (Lipinski definition) is 1. The topological polar surface area (TPSA) is 89.4 Å². The minimum absolute atomic E-state index is 0.0405. The number of carboxylic acids is 1. The molecule has 2 aromatic rings. The van der Waals surface area contributed by atoms with E-state index in [1.807, 2.05) is 13.8 Å². The first-order valence-electron chi connectivity index (χ1n) is 5.65. The maximum Gasteiger partial charge on any atom is 0.303 e. The molecular formula is C12H14N2O4. The molecule has 6 heteroatoms. The average Bonchev–Trinajstić information content (AvgIpc) is 2.85. The highest BCUT2D eigenvalue weighted by molar-refractivity contribution is 5.66. The molecule has 1 N–H and O–H groups in total. The monoisotopic (exact) mass is 250 g/mol. The number of hydrogen-bond acceptors (Lipinski definition) is 5. The molecule has 1 atom stereocenters. The third-order valence-electron chi connectivity index (χ3n) is 2.60. The molecule has 2 rings (SSSR count). The van der Waals surface area contributed by atoms with Crippen LogP contribution >= 0.6 is 0 Å². The summed E-state index contributed by atoms with van der Waals surface area (Å²) in [6.07, 6.45) is 2.10. The molecule has 1 unspecified atom stereocenters. The second kappa shape index (κ2) is 5.03. The smallest absolute Gasteiger partial charge is 0.303 e. The predicted molar refractivity (Wildman–Crippen MR) is 61.9 cm³/mol. The van der Waals surface area contributed by atoms with E-state index in [0.29, 0.717) is 24.0 Å². The van der Waals surface area contributed by atoms with Crippen LogP contribution in [-0.4, -0.2) is 21.3 Å². The zero-order chi connectivity index (χ0) is 13.1. The third-order valence-corrected chi connectivity index (χ3v) is 2.60. The molecule has 0 saturated carbocycles. The highest BCUT2D eigenvalue weighted by atomic mass is 16.4. The van der Waals surface area contributed by atoms with Gasteiger partial charge in [-0.2, -0.15) is 0 Å². The number of aromatic nitrogens is 2.